The van der Waals surface area contributed by atoms with Crippen LogP contribution in [0.1, 0.15) is 31.9 Å². The van der Waals surface area contributed by atoms with Gasteiger partial charge in [-0.3, -0.25) is 20.2 Å². The molecule has 0 radical (unpaired) electrons. The molecule has 27 heavy (non-hydrogen) atoms. The zero-order valence-corrected chi connectivity index (χ0v) is 15.4. The highest BCUT2D eigenvalue weighted by atomic mass is 19.1. The van der Waals surface area contributed by atoms with Gasteiger partial charge in [0.1, 0.15) is 5.75 Å². The fraction of sp³-hybridized carbons (Fsp3) is 0.316. The van der Waals surface area contributed by atoms with Gasteiger partial charge in [0.05, 0.1) is 18.1 Å². The van der Waals surface area contributed by atoms with Gasteiger partial charge >= 0.3 is 5.69 Å². The van der Waals surface area contributed by atoms with Gasteiger partial charge in [0, 0.05) is 17.8 Å². The van der Waals surface area contributed by atoms with Crippen LogP contribution in [-0.2, 0) is 4.79 Å². The SMILES string of the molecule is CC[C@@H](N[C@H](C)C(=O)Nc1ccc(F)c([N+](=O)[O-])c1)c1ccc(OC)cc1. The number of nitrogens with zero attached hydrogens (tertiary/aromatic N) is 1. The summed E-state index contributed by atoms with van der Waals surface area (Å²) in [5.41, 5.74) is 0.493. The molecule has 0 aliphatic heterocycles. The summed E-state index contributed by atoms with van der Waals surface area (Å²) in [6.45, 7) is 3.69. The van der Waals surface area contributed by atoms with Gasteiger partial charge in [-0.2, -0.15) is 4.39 Å². The lowest BCUT2D eigenvalue weighted by atomic mass is 10.0. The average molecular weight is 375 g/mol. The third kappa shape index (κ3) is 5.24. The van der Waals surface area contributed by atoms with Crippen molar-refractivity contribution in [3.05, 3.63) is 64.0 Å². The van der Waals surface area contributed by atoms with Gasteiger partial charge in [0.25, 0.3) is 0 Å². The highest BCUT2D eigenvalue weighted by molar-refractivity contribution is 5.94. The molecule has 2 rings (SSSR count). The van der Waals surface area contributed by atoms with Crippen LogP contribution in [-0.4, -0.2) is 24.0 Å². The largest absolute Gasteiger partial charge is 0.497 e. The Morgan fingerprint density at radius 3 is 2.48 bits per heavy atom. The van der Waals surface area contributed by atoms with Crippen molar-refractivity contribution >= 4 is 17.3 Å². The van der Waals surface area contributed by atoms with Gasteiger partial charge in [-0.05, 0) is 43.2 Å². The zero-order chi connectivity index (χ0) is 20.0. The first-order valence-corrected chi connectivity index (χ1v) is 8.50. The quantitative estimate of drug-likeness (QED) is 0.540. The summed E-state index contributed by atoms with van der Waals surface area (Å²) < 4.78 is 18.5. The number of hydrogen-bond donors (Lipinski definition) is 2. The van der Waals surface area contributed by atoms with E-state index in [0.717, 1.165) is 29.9 Å². The molecular weight excluding hydrogens is 353 g/mol. The number of benzene rings is 2. The number of anilines is 1. The molecule has 0 aromatic heterocycles. The second-order valence-electron chi connectivity index (χ2n) is 6.03. The minimum atomic E-state index is -0.949. The van der Waals surface area contributed by atoms with Gasteiger partial charge < -0.3 is 10.1 Å². The van der Waals surface area contributed by atoms with E-state index < -0.39 is 22.5 Å². The number of nitro benzene ring substituents is 1. The van der Waals surface area contributed by atoms with E-state index in [1.165, 1.54) is 6.07 Å². The van der Waals surface area contributed by atoms with Crippen molar-refractivity contribution in [1.29, 1.82) is 0 Å². The number of ether oxygens (including phenoxy) is 1. The van der Waals surface area contributed by atoms with Crippen LogP contribution in [0, 0.1) is 15.9 Å². The van der Waals surface area contributed by atoms with Crippen LogP contribution in [0.15, 0.2) is 42.5 Å². The summed E-state index contributed by atoms with van der Waals surface area (Å²) in [6, 6.07) is 10.2. The van der Waals surface area contributed by atoms with Crippen LogP contribution in [0.4, 0.5) is 15.8 Å². The Hall–Kier alpha value is -3.00. The lowest BCUT2D eigenvalue weighted by Crippen LogP contribution is -2.40. The predicted octanol–water partition coefficient (Wildman–Crippen LogP) is 3.81. The molecule has 0 fully saturated rings. The summed E-state index contributed by atoms with van der Waals surface area (Å²) in [6.07, 6.45) is 0.756. The first-order chi connectivity index (χ1) is 12.8. The highest BCUT2D eigenvalue weighted by Gasteiger charge is 2.20. The summed E-state index contributed by atoms with van der Waals surface area (Å²) in [4.78, 5) is 22.4. The number of nitrogens with one attached hydrogen (secondary N) is 2. The Morgan fingerprint density at radius 2 is 1.93 bits per heavy atom. The van der Waals surface area contributed by atoms with Crippen molar-refractivity contribution in [3.63, 3.8) is 0 Å². The molecule has 0 aliphatic carbocycles. The minimum absolute atomic E-state index is 0.0563. The van der Waals surface area contributed by atoms with Crippen molar-refractivity contribution in [1.82, 2.24) is 5.32 Å². The molecule has 0 unspecified atom stereocenters. The third-order valence-electron chi connectivity index (χ3n) is 4.18. The lowest BCUT2D eigenvalue weighted by Gasteiger charge is -2.22. The fourth-order valence-corrected chi connectivity index (χ4v) is 2.64. The van der Waals surface area contributed by atoms with Gasteiger partial charge in [-0.15, -0.1) is 0 Å². The number of rotatable bonds is 8. The van der Waals surface area contributed by atoms with E-state index in [2.05, 4.69) is 10.6 Å². The third-order valence-corrected chi connectivity index (χ3v) is 4.18. The molecule has 1 amide bonds. The van der Waals surface area contributed by atoms with Crippen molar-refractivity contribution in [3.8, 4) is 5.75 Å². The molecule has 0 saturated carbocycles. The van der Waals surface area contributed by atoms with Crippen LogP contribution in [0.3, 0.4) is 0 Å². The van der Waals surface area contributed by atoms with E-state index >= 15 is 0 Å². The molecule has 144 valence electrons. The van der Waals surface area contributed by atoms with Gasteiger partial charge in [-0.1, -0.05) is 19.1 Å². The number of hydrogen-bond acceptors (Lipinski definition) is 5. The van der Waals surface area contributed by atoms with Crippen LogP contribution in [0.5, 0.6) is 5.75 Å². The monoisotopic (exact) mass is 375 g/mol. The van der Waals surface area contributed by atoms with E-state index in [0.29, 0.717) is 0 Å². The van der Waals surface area contributed by atoms with Crippen molar-refractivity contribution < 1.29 is 18.8 Å². The molecule has 2 N–H and O–H groups in total. The van der Waals surface area contributed by atoms with Gasteiger partial charge in [-0.25, -0.2) is 0 Å². The van der Waals surface area contributed by atoms with E-state index in [1.807, 2.05) is 31.2 Å². The fourth-order valence-electron chi connectivity index (χ4n) is 2.64. The Labute approximate surface area is 156 Å². The molecule has 2 atom stereocenters. The average Bonchev–Trinajstić information content (AvgIpc) is 2.67. The second kappa shape index (κ2) is 9.09. The van der Waals surface area contributed by atoms with E-state index in [-0.39, 0.29) is 17.6 Å². The Kier molecular flexibility index (Phi) is 6.84. The topological polar surface area (TPSA) is 93.5 Å². The molecule has 0 aliphatic rings. The summed E-state index contributed by atoms with van der Waals surface area (Å²) >= 11 is 0. The minimum Gasteiger partial charge on any atom is -0.497 e. The Balaban J connectivity index is 2.05. The van der Waals surface area contributed by atoms with Crippen molar-refractivity contribution in [2.45, 2.75) is 32.4 Å². The predicted molar refractivity (Wildman–Crippen MR) is 100 cm³/mol. The maximum absolute atomic E-state index is 13.4. The number of carbonyl (C=O) groups is 1. The summed E-state index contributed by atoms with van der Waals surface area (Å²) in [5, 5.41) is 16.6. The van der Waals surface area contributed by atoms with Crippen LogP contribution < -0.4 is 15.4 Å². The van der Waals surface area contributed by atoms with Crippen molar-refractivity contribution in [2.24, 2.45) is 0 Å². The Morgan fingerprint density at radius 1 is 1.26 bits per heavy atom. The number of amides is 1. The zero-order valence-electron chi connectivity index (χ0n) is 15.4. The van der Waals surface area contributed by atoms with E-state index in [9.17, 15) is 19.3 Å². The number of methoxy groups -OCH3 is 1. The summed E-state index contributed by atoms with van der Waals surface area (Å²) in [7, 11) is 1.59. The first-order valence-electron chi connectivity index (χ1n) is 8.50. The molecule has 2 aromatic rings. The molecule has 0 bridgehead atoms. The Bertz CT molecular complexity index is 811. The molecule has 0 spiro atoms. The number of halogens is 1. The van der Waals surface area contributed by atoms with Crippen LogP contribution in [0.2, 0.25) is 0 Å². The maximum atomic E-state index is 13.4. The molecule has 7 nitrogen and oxygen atoms in total. The van der Waals surface area contributed by atoms with E-state index in [1.54, 1.807) is 14.0 Å². The summed E-state index contributed by atoms with van der Waals surface area (Å²) in [5.74, 6) is -0.574. The molecule has 0 heterocycles. The second-order valence-corrected chi connectivity index (χ2v) is 6.03. The molecule has 2 aromatic carbocycles. The highest BCUT2D eigenvalue weighted by Crippen LogP contribution is 2.23. The standard InChI is InChI=1S/C19H22FN3O4/c1-4-17(13-5-8-15(27-3)9-6-13)21-12(2)19(24)22-14-7-10-16(20)18(11-14)23(25)26/h5-12,17,21H,4H2,1-3H3,(H,22,24)/t12-,17-/m1/s1. The van der Waals surface area contributed by atoms with Crippen LogP contribution >= 0.6 is 0 Å². The molecule has 0 saturated heterocycles. The maximum Gasteiger partial charge on any atom is 0.306 e. The van der Waals surface area contributed by atoms with Gasteiger partial charge in [0.2, 0.25) is 11.7 Å². The van der Waals surface area contributed by atoms with Gasteiger partial charge in [0.15, 0.2) is 0 Å². The smallest absolute Gasteiger partial charge is 0.306 e. The number of nitro groups is 1. The van der Waals surface area contributed by atoms with E-state index in [4.69, 9.17) is 4.74 Å². The normalized spacial score (nSPS) is 12.9. The first kappa shape index (κ1) is 20.3. The molecule has 8 heteroatoms. The number of carbonyl (C=O) groups excluding carboxylic acids is 1. The van der Waals surface area contributed by atoms with Crippen LogP contribution in [0.25, 0.3) is 0 Å². The lowest BCUT2D eigenvalue weighted by molar-refractivity contribution is -0.387. The molecular formula is C19H22FN3O4. The van der Waals surface area contributed by atoms with Crippen molar-refractivity contribution in [2.75, 3.05) is 12.4 Å².